The first-order chi connectivity index (χ1) is 11.3. The molecule has 136 valence electrons. The average Bonchev–Trinajstić information content (AvgIpc) is 3.04. The lowest BCUT2D eigenvalue weighted by atomic mass is 10.0. The number of amidine groups is 1. The highest BCUT2D eigenvalue weighted by atomic mass is 15.1. The summed E-state index contributed by atoms with van der Waals surface area (Å²) < 4.78 is 0. The summed E-state index contributed by atoms with van der Waals surface area (Å²) in [5.74, 6) is 2.15. The van der Waals surface area contributed by atoms with Gasteiger partial charge in [0.15, 0.2) is 0 Å². The van der Waals surface area contributed by atoms with E-state index in [1.165, 1.54) is 102 Å². The zero-order valence-corrected chi connectivity index (χ0v) is 16.0. The van der Waals surface area contributed by atoms with Crippen LogP contribution < -0.4 is 5.32 Å². The predicted octanol–water partition coefficient (Wildman–Crippen LogP) is 6.50. The number of hydrogen-bond donors (Lipinski definition) is 1. The van der Waals surface area contributed by atoms with Crippen molar-refractivity contribution < 1.29 is 0 Å². The minimum absolute atomic E-state index is 0.892. The fraction of sp³-hybridized carbons (Fsp3) is 0.952. The van der Waals surface area contributed by atoms with Crippen LogP contribution in [-0.4, -0.2) is 18.9 Å². The predicted molar refractivity (Wildman–Crippen MR) is 104 cm³/mol. The summed E-state index contributed by atoms with van der Waals surface area (Å²) >= 11 is 0. The molecule has 0 atom stereocenters. The third kappa shape index (κ3) is 13.6. The van der Waals surface area contributed by atoms with Crippen molar-refractivity contribution in [1.29, 1.82) is 0 Å². The van der Waals surface area contributed by atoms with Crippen LogP contribution in [0.3, 0.4) is 0 Å². The van der Waals surface area contributed by atoms with Crippen LogP contribution in [-0.2, 0) is 0 Å². The molecule has 1 heterocycles. The van der Waals surface area contributed by atoms with Gasteiger partial charge in [0.1, 0.15) is 0 Å². The molecular formula is C21H42N2. The summed E-state index contributed by atoms with van der Waals surface area (Å²) in [6.07, 6.45) is 21.3. The van der Waals surface area contributed by atoms with E-state index >= 15 is 0 Å². The van der Waals surface area contributed by atoms with E-state index < -0.39 is 0 Å². The van der Waals surface area contributed by atoms with E-state index in [2.05, 4.69) is 24.2 Å². The largest absolute Gasteiger partial charge is 0.372 e. The molecule has 1 aliphatic rings. The maximum absolute atomic E-state index is 4.45. The Labute approximate surface area is 145 Å². The standard InChI is InChI=1S/C21H42N2/c1-20(2)16-14-12-10-8-6-4-3-5-7-9-11-13-15-17-21-22-18-19-23-21/h20H,3-19H2,1-2H3,(H,22,23). The number of unbranched alkanes of at least 4 members (excludes halogenated alkanes) is 12. The molecule has 23 heavy (non-hydrogen) atoms. The van der Waals surface area contributed by atoms with E-state index in [9.17, 15) is 0 Å². The molecule has 1 aliphatic heterocycles. The molecule has 1 N–H and O–H groups in total. The van der Waals surface area contributed by atoms with Gasteiger partial charge in [-0.05, 0) is 12.3 Å². The van der Waals surface area contributed by atoms with Gasteiger partial charge in [0.2, 0.25) is 0 Å². The second-order valence-corrected chi connectivity index (χ2v) is 7.78. The highest BCUT2D eigenvalue weighted by molar-refractivity contribution is 5.83. The van der Waals surface area contributed by atoms with Gasteiger partial charge in [0.05, 0.1) is 12.4 Å². The van der Waals surface area contributed by atoms with Gasteiger partial charge < -0.3 is 5.32 Å². The van der Waals surface area contributed by atoms with Crippen molar-refractivity contribution in [2.75, 3.05) is 13.1 Å². The number of rotatable bonds is 16. The molecule has 2 heteroatoms. The van der Waals surface area contributed by atoms with Gasteiger partial charge in [-0.15, -0.1) is 0 Å². The van der Waals surface area contributed by atoms with E-state index in [0.717, 1.165) is 19.0 Å². The summed E-state index contributed by atoms with van der Waals surface area (Å²) in [6.45, 7) is 6.73. The summed E-state index contributed by atoms with van der Waals surface area (Å²) in [6, 6.07) is 0. The molecular weight excluding hydrogens is 280 g/mol. The van der Waals surface area contributed by atoms with Gasteiger partial charge in [-0.1, -0.05) is 97.3 Å². The molecule has 0 saturated carbocycles. The minimum atomic E-state index is 0.892. The van der Waals surface area contributed by atoms with Crippen molar-refractivity contribution in [3.05, 3.63) is 0 Å². The van der Waals surface area contributed by atoms with Crippen molar-refractivity contribution in [3.8, 4) is 0 Å². The zero-order chi connectivity index (χ0) is 16.6. The summed E-state index contributed by atoms with van der Waals surface area (Å²) in [5, 5.41) is 3.36. The minimum Gasteiger partial charge on any atom is -0.372 e. The Bertz CT molecular complexity index is 284. The molecule has 0 aromatic heterocycles. The second-order valence-electron chi connectivity index (χ2n) is 7.78. The number of aliphatic imine (C=N–C) groups is 1. The lowest BCUT2D eigenvalue weighted by Crippen LogP contribution is -2.17. The lowest BCUT2D eigenvalue weighted by Gasteiger charge is -2.05. The molecule has 0 aliphatic carbocycles. The summed E-state index contributed by atoms with van der Waals surface area (Å²) in [7, 11) is 0. The van der Waals surface area contributed by atoms with Gasteiger partial charge in [-0.3, -0.25) is 4.99 Å². The molecule has 0 fully saturated rings. The van der Waals surface area contributed by atoms with Gasteiger partial charge in [0, 0.05) is 13.0 Å². The first kappa shape index (κ1) is 20.5. The molecule has 0 spiro atoms. The quantitative estimate of drug-likeness (QED) is 0.322. The summed E-state index contributed by atoms with van der Waals surface area (Å²) in [5.41, 5.74) is 0. The first-order valence-corrected chi connectivity index (χ1v) is 10.6. The van der Waals surface area contributed by atoms with Gasteiger partial charge in [0.25, 0.3) is 0 Å². The lowest BCUT2D eigenvalue weighted by molar-refractivity contribution is 0.503. The van der Waals surface area contributed by atoms with Gasteiger partial charge in [-0.25, -0.2) is 0 Å². The van der Waals surface area contributed by atoms with Crippen LogP contribution >= 0.6 is 0 Å². The number of nitrogens with zero attached hydrogens (tertiary/aromatic N) is 1. The fourth-order valence-electron chi connectivity index (χ4n) is 3.40. The van der Waals surface area contributed by atoms with Crippen molar-refractivity contribution in [1.82, 2.24) is 5.32 Å². The Morgan fingerprint density at radius 1 is 0.739 bits per heavy atom. The van der Waals surface area contributed by atoms with E-state index in [1.807, 2.05) is 0 Å². The van der Waals surface area contributed by atoms with E-state index in [-0.39, 0.29) is 0 Å². The van der Waals surface area contributed by atoms with Crippen molar-refractivity contribution >= 4 is 5.84 Å². The highest BCUT2D eigenvalue weighted by Gasteiger charge is 2.03. The van der Waals surface area contributed by atoms with Crippen molar-refractivity contribution in [2.45, 2.75) is 110 Å². The van der Waals surface area contributed by atoms with Crippen LogP contribution in [0.2, 0.25) is 0 Å². The van der Waals surface area contributed by atoms with E-state index in [1.54, 1.807) is 0 Å². The number of hydrogen-bond acceptors (Lipinski definition) is 2. The maximum atomic E-state index is 4.45. The first-order valence-electron chi connectivity index (χ1n) is 10.6. The van der Waals surface area contributed by atoms with Crippen LogP contribution in [0.15, 0.2) is 4.99 Å². The smallest absolute Gasteiger partial charge is 0.0964 e. The Balaban J connectivity index is 1.67. The molecule has 0 aromatic carbocycles. The Morgan fingerprint density at radius 3 is 1.65 bits per heavy atom. The van der Waals surface area contributed by atoms with Gasteiger partial charge in [-0.2, -0.15) is 0 Å². The van der Waals surface area contributed by atoms with Crippen molar-refractivity contribution in [3.63, 3.8) is 0 Å². The Kier molecular flexibility index (Phi) is 13.4. The van der Waals surface area contributed by atoms with E-state index in [4.69, 9.17) is 0 Å². The molecule has 0 amide bonds. The third-order valence-electron chi connectivity index (χ3n) is 4.94. The highest BCUT2D eigenvalue weighted by Crippen LogP contribution is 2.14. The molecule has 0 bridgehead atoms. The number of nitrogens with one attached hydrogen (secondary N) is 1. The molecule has 0 saturated heterocycles. The van der Waals surface area contributed by atoms with Crippen LogP contribution in [0.25, 0.3) is 0 Å². The molecule has 1 rings (SSSR count). The van der Waals surface area contributed by atoms with E-state index in [0.29, 0.717) is 0 Å². The van der Waals surface area contributed by atoms with Crippen molar-refractivity contribution in [2.24, 2.45) is 10.9 Å². The molecule has 0 unspecified atom stereocenters. The average molecular weight is 323 g/mol. The Morgan fingerprint density at radius 2 is 1.22 bits per heavy atom. The molecule has 0 radical (unpaired) electrons. The Hall–Kier alpha value is -0.530. The van der Waals surface area contributed by atoms with Crippen LogP contribution in [0, 0.1) is 5.92 Å². The second kappa shape index (κ2) is 15.0. The third-order valence-corrected chi connectivity index (χ3v) is 4.94. The SMILES string of the molecule is CC(C)CCCCCCCCCCCCCCCC1=NCCN1. The molecule has 0 aromatic rings. The van der Waals surface area contributed by atoms with Crippen LogP contribution in [0.1, 0.15) is 110 Å². The zero-order valence-electron chi connectivity index (χ0n) is 16.0. The summed E-state index contributed by atoms with van der Waals surface area (Å²) in [4.78, 5) is 4.45. The normalized spacial score (nSPS) is 14.3. The monoisotopic (exact) mass is 322 g/mol. The topological polar surface area (TPSA) is 24.4 Å². The molecule has 2 nitrogen and oxygen atoms in total. The maximum Gasteiger partial charge on any atom is 0.0964 e. The van der Waals surface area contributed by atoms with Gasteiger partial charge >= 0.3 is 0 Å². The van der Waals surface area contributed by atoms with Crippen LogP contribution in [0.5, 0.6) is 0 Å². The fourth-order valence-corrected chi connectivity index (χ4v) is 3.40. The van der Waals surface area contributed by atoms with Crippen LogP contribution in [0.4, 0.5) is 0 Å².